The van der Waals surface area contributed by atoms with Gasteiger partial charge >= 0.3 is 0 Å². The van der Waals surface area contributed by atoms with E-state index in [1.807, 2.05) is 0 Å². The second-order valence-electron chi connectivity index (χ2n) is 2.36. The Labute approximate surface area is 60.1 Å². The van der Waals surface area contributed by atoms with Crippen LogP contribution in [0.25, 0.3) is 0 Å². The van der Waals surface area contributed by atoms with Crippen LogP contribution in [0, 0.1) is 0 Å². The Kier molecular flexibility index (Phi) is 2.83. The predicted octanol–water partition coefficient (Wildman–Crippen LogP) is 0.499. The van der Waals surface area contributed by atoms with E-state index in [1.165, 1.54) is 0 Å². The molecule has 10 heavy (non-hydrogen) atoms. The van der Waals surface area contributed by atoms with E-state index in [2.05, 4.69) is 11.9 Å². The summed E-state index contributed by atoms with van der Waals surface area (Å²) in [6.07, 6.45) is 0.866. The van der Waals surface area contributed by atoms with E-state index in [-0.39, 0.29) is 12.6 Å². The molecule has 0 aromatic carbocycles. The highest BCUT2D eigenvalue weighted by Gasteiger charge is 2.26. The monoisotopic (exact) mass is 145 g/mol. The number of hydrogen-bond acceptors (Lipinski definition) is 2. The number of halogens is 1. The molecule has 2 nitrogen and oxygen atoms in total. The molecular weight excluding hydrogens is 133 g/mol. The molecule has 0 aromatic rings. The van der Waals surface area contributed by atoms with Crippen LogP contribution in [0.1, 0.15) is 0 Å². The minimum atomic E-state index is -0.847. The van der Waals surface area contributed by atoms with Crippen molar-refractivity contribution in [2.45, 2.75) is 12.2 Å². The maximum atomic E-state index is 12.7. The van der Waals surface area contributed by atoms with Crippen LogP contribution in [0.5, 0.6) is 0 Å². The molecule has 1 saturated heterocycles. The third-order valence-corrected chi connectivity index (χ3v) is 1.54. The summed E-state index contributed by atoms with van der Waals surface area (Å²) in [6.45, 7) is 4.88. The smallest absolute Gasteiger partial charge is 0.141 e. The second-order valence-corrected chi connectivity index (χ2v) is 2.36. The van der Waals surface area contributed by atoms with Crippen molar-refractivity contribution in [1.29, 1.82) is 0 Å². The Morgan fingerprint density at radius 2 is 2.50 bits per heavy atom. The minimum absolute atomic E-state index is 0.127. The molecular formula is C7H12FNO. The largest absolute Gasteiger partial charge is 0.377 e. The van der Waals surface area contributed by atoms with Gasteiger partial charge in [-0.25, -0.2) is 4.39 Å². The van der Waals surface area contributed by atoms with E-state index in [1.54, 1.807) is 6.08 Å². The summed E-state index contributed by atoms with van der Waals surface area (Å²) >= 11 is 0. The summed E-state index contributed by atoms with van der Waals surface area (Å²) in [7, 11) is 0. The Hall–Kier alpha value is -0.410. The van der Waals surface area contributed by atoms with Crippen molar-refractivity contribution in [3.63, 3.8) is 0 Å². The highest BCUT2D eigenvalue weighted by atomic mass is 19.1. The Morgan fingerprint density at radius 3 is 3.00 bits per heavy atom. The van der Waals surface area contributed by atoms with Crippen LogP contribution >= 0.6 is 0 Å². The van der Waals surface area contributed by atoms with Gasteiger partial charge in [-0.05, 0) is 0 Å². The first-order valence-electron chi connectivity index (χ1n) is 3.40. The average Bonchev–Trinajstić information content (AvgIpc) is 2.31. The van der Waals surface area contributed by atoms with Crippen LogP contribution in [0.2, 0.25) is 0 Å². The van der Waals surface area contributed by atoms with Gasteiger partial charge in [-0.2, -0.15) is 0 Å². The summed E-state index contributed by atoms with van der Waals surface area (Å²) < 4.78 is 17.6. The number of nitrogens with one attached hydrogen (secondary N) is 1. The number of alkyl halides is 1. The highest BCUT2D eigenvalue weighted by Crippen LogP contribution is 2.08. The van der Waals surface area contributed by atoms with Crippen molar-refractivity contribution >= 4 is 0 Å². The zero-order valence-electron chi connectivity index (χ0n) is 5.85. The van der Waals surface area contributed by atoms with Gasteiger partial charge in [-0.1, -0.05) is 6.08 Å². The summed E-state index contributed by atoms with van der Waals surface area (Å²) in [5.74, 6) is 0. The van der Waals surface area contributed by atoms with Crippen LogP contribution in [0.4, 0.5) is 4.39 Å². The van der Waals surface area contributed by atoms with Gasteiger partial charge in [0.25, 0.3) is 0 Å². The SMILES string of the molecule is C=CCNC1COCC1F. The van der Waals surface area contributed by atoms with Crippen molar-refractivity contribution in [1.82, 2.24) is 5.32 Å². The predicted molar refractivity (Wildman–Crippen MR) is 37.7 cm³/mol. The Balaban J connectivity index is 2.19. The molecule has 1 fully saturated rings. The normalized spacial score (nSPS) is 32.5. The van der Waals surface area contributed by atoms with Crippen LogP contribution < -0.4 is 5.32 Å². The average molecular weight is 145 g/mol. The summed E-state index contributed by atoms with van der Waals surface area (Å²) in [5, 5.41) is 2.96. The first-order chi connectivity index (χ1) is 4.84. The molecule has 1 rings (SSSR count). The van der Waals surface area contributed by atoms with Crippen LogP contribution in [-0.2, 0) is 4.74 Å². The molecule has 2 atom stereocenters. The van der Waals surface area contributed by atoms with Crippen molar-refractivity contribution < 1.29 is 9.13 Å². The van der Waals surface area contributed by atoms with E-state index in [9.17, 15) is 4.39 Å². The number of hydrogen-bond donors (Lipinski definition) is 1. The lowest BCUT2D eigenvalue weighted by molar-refractivity contribution is 0.172. The molecule has 0 saturated carbocycles. The fraction of sp³-hybridized carbons (Fsp3) is 0.714. The van der Waals surface area contributed by atoms with Crippen LogP contribution in [0.3, 0.4) is 0 Å². The van der Waals surface area contributed by atoms with Crippen molar-refractivity contribution in [3.8, 4) is 0 Å². The van der Waals surface area contributed by atoms with Gasteiger partial charge in [-0.3, -0.25) is 0 Å². The molecule has 1 heterocycles. The molecule has 2 unspecified atom stereocenters. The zero-order valence-corrected chi connectivity index (χ0v) is 5.85. The van der Waals surface area contributed by atoms with E-state index >= 15 is 0 Å². The van der Waals surface area contributed by atoms with Gasteiger partial charge in [0.15, 0.2) is 0 Å². The fourth-order valence-corrected chi connectivity index (χ4v) is 0.950. The van der Waals surface area contributed by atoms with Crippen molar-refractivity contribution in [3.05, 3.63) is 12.7 Å². The molecule has 1 N–H and O–H groups in total. The standard InChI is InChI=1S/C7H12FNO/c1-2-3-9-7-5-10-4-6(7)8/h2,6-7,9H,1,3-5H2. The van der Waals surface area contributed by atoms with E-state index < -0.39 is 6.17 Å². The first kappa shape index (κ1) is 7.69. The lowest BCUT2D eigenvalue weighted by Crippen LogP contribution is -2.36. The molecule has 1 aliphatic rings. The molecule has 1 aliphatic heterocycles. The number of rotatable bonds is 3. The Bertz CT molecular complexity index is 118. The van der Waals surface area contributed by atoms with E-state index in [4.69, 9.17) is 4.74 Å². The van der Waals surface area contributed by atoms with Crippen LogP contribution in [-0.4, -0.2) is 32.0 Å². The van der Waals surface area contributed by atoms with Gasteiger partial charge in [0, 0.05) is 6.54 Å². The molecule has 0 amide bonds. The lowest BCUT2D eigenvalue weighted by Gasteiger charge is -2.09. The van der Waals surface area contributed by atoms with Gasteiger partial charge in [0.2, 0.25) is 0 Å². The molecule has 3 heteroatoms. The molecule has 58 valence electrons. The molecule has 0 aliphatic carbocycles. The summed E-state index contributed by atoms with van der Waals surface area (Å²) in [4.78, 5) is 0. The maximum Gasteiger partial charge on any atom is 0.141 e. The third-order valence-electron chi connectivity index (χ3n) is 1.54. The van der Waals surface area contributed by atoms with Gasteiger partial charge in [0.05, 0.1) is 19.3 Å². The second kappa shape index (κ2) is 3.68. The van der Waals surface area contributed by atoms with E-state index in [0.29, 0.717) is 13.2 Å². The molecule has 0 spiro atoms. The van der Waals surface area contributed by atoms with Gasteiger partial charge in [0.1, 0.15) is 6.17 Å². The van der Waals surface area contributed by atoms with Gasteiger partial charge in [-0.15, -0.1) is 6.58 Å². The highest BCUT2D eigenvalue weighted by molar-refractivity contribution is 4.83. The summed E-state index contributed by atoms with van der Waals surface area (Å²) in [6, 6.07) is -0.127. The topological polar surface area (TPSA) is 21.3 Å². The third kappa shape index (κ3) is 1.78. The summed E-state index contributed by atoms with van der Waals surface area (Å²) in [5.41, 5.74) is 0. The van der Waals surface area contributed by atoms with Gasteiger partial charge < -0.3 is 10.1 Å². The minimum Gasteiger partial charge on any atom is -0.377 e. The van der Waals surface area contributed by atoms with Crippen LogP contribution in [0.15, 0.2) is 12.7 Å². The fourth-order valence-electron chi connectivity index (χ4n) is 0.950. The van der Waals surface area contributed by atoms with Crippen molar-refractivity contribution in [2.24, 2.45) is 0 Å². The zero-order chi connectivity index (χ0) is 7.40. The lowest BCUT2D eigenvalue weighted by atomic mass is 10.2. The molecule has 0 aromatic heterocycles. The number of ether oxygens (including phenoxy) is 1. The Morgan fingerprint density at radius 1 is 1.70 bits per heavy atom. The quantitative estimate of drug-likeness (QED) is 0.584. The molecule has 0 radical (unpaired) electrons. The van der Waals surface area contributed by atoms with Crippen molar-refractivity contribution in [2.75, 3.05) is 19.8 Å². The first-order valence-corrected chi connectivity index (χ1v) is 3.40. The molecule has 0 bridgehead atoms. The maximum absolute atomic E-state index is 12.7. The van der Waals surface area contributed by atoms with E-state index in [0.717, 1.165) is 0 Å².